The molecule has 2 aromatic carbocycles. The number of rotatable bonds is 3. The summed E-state index contributed by atoms with van der Waals surface area (Å²) in [4.78, 5) is 16.0. The molecule has 26 heavy (non-hydrogen) atoms. The number of fused-ring (bicyclic) bond motifs is 1. The summed E-state index contributed by atoms with van der Waals surface area (Å²) in [5.41, 5.74) is 6.25. The van der Waals surface area contributed by atoms with E-state index in [0.29, 0.717) is 5.56 Å². The van der Waals surface area contributed by atoms with Crippen molar-refractivity contribution in [1.29, 1.82) is 0 Å². The van der Waals surface area contributed by atoms with Gasteiger partial charge >= 0.3 is 5.97 Å². The van der Waals surface area contributed by atoms with Crippen molar-refractivity contribution in [2.45, 2.75) is 19.8 Å². The van der Waals surface area contributed by atoms with Gasteiger partial charge in [0, 0.05) is 36.7 Å². The average molecular weight is 352 g/mol. The molecule has 1 fully saturated rings. The molecule has 2 aliphatic rings. The highest BCUT2D eigenvalue weighted by molar-refractivity contribution is 5.89. The number of benzene rings is 2. The van der Waals surface area contributed by atoms with Gasteiger partial charge < -0.3 is 19.6 Å². The minimum absolute atomic E-state index is 0.365. The Morgan fingerprint density at radius 2 is 1.81 bits per heavy atom. The number of anilines is 3. The number of nitrogens with zero attached hydrogens (tertiary/aromatic N) is 2. The standard InChI is InChI=1S/C21H24N2O3/c1-15-11-18(22-7-9-26-10-8-22)14-19(12-15)23-6-2-3-16-13-17(21(24)25)4-5-20(16)23/h4-5,11-14H,2-3,6-10H2,1H3,(H,24,25). The third kappa shape index (κ3) is 3.27. The monoisotopic (exact) mass is 352 g/mol. The van der Waals surface area contributed by atoms with Crippen LogP contribution < -0.4 is 9.80 Å². The fourth-order valence-electron chi connectivity index (χ4n) is 3.90. The summed E-state index contributed by atoms with van der Waals surface area (Å²) >= 11 is 0. The molecule has 0 bridgehead atoms. The van der Waals surface area contributed by atoms with Crippen molar-refractivity contribution in [3.05, 3.63) is 53.1 Å². The van der Waals surface area contributed by atoms with Crippen molar-refractivity contribution >= 4 is 23.0 Å². The van der Waals surface area contributed by atoms with Gasteiger partial charge in [0.05, 0.1) is 18.8 Å². The van der Waals surface area contributed by atoms with E-state index in [9.17, 15) is 9.90 Å². The molecule has 1 N–H and O–H groups in total. The quantitative estimate of drug-likeness (QED) is 0.914. The molecule has 1 saturated heterocycles. The van der Waals surface area contributed by atoms with E-state index >= 15 is 0 Å². The van der Waals surface area contributed by atoms with Gasteiger partial charge in [-0.15, -0.1) is 0 Å². The number of hydrogen-bond acceptors (Lipinski definition) is 4. The Bertz CT molecular complexity index is 828. The summed E-state index contributed by atoms with van der Waals surface area (Å²) in [6, 6.07) is 12.2. The topological polar surface area (TPSA) is 53.0 Å². The zero-order valence-corrected chi connectivity index (χ0v) is 15.1. The number of carboxylic acid groups (broad SMARTS) is 1. The van der Waals surface area contributed by atoms with E-state index in [1.807, 2.05) is 12.1 Å². The molecule has 2 aliphatic heterocycles. The molecular formula is C21H24N2O3. The fourth-order valence-corrected chi connectivity index (χ4v) is 3.90. The molecule has 2 heterocycles. The highest BCUT2D eigenvalue weighted by Crippen LogP contribution is 2.36. The third-order valence-corrected chi connectivity index (χ3v) is 5.18. The number of morpholine rings is 1. The highest BCUT2D eigenvalue weighted by Gasteiger charge is 2.21. The molecule has 0 aliphatic carbocycles. The second-order valence-corrected chi connectivity index (χ2v) is 7.03. The van der Waals surface area contributed by atoms with Gasteiger partial charge in [0.1, 0.15) is 0 Å². The second kappa shape index (κ2) is 7.00. The van der Waals surface area contributed by atoms with E-state index in [1.165, 1.54) is 16.9 Å². The zero-order chi connectivity index (χ0) is 18.1. The van der Waals surface area contributed by atoms with Crippen LogP contribution in [0.1, 0.15) is 27.9 Å². The number of carboxylic acids is 1. The van der Waals surface area contributed by atoms with Crippen molar-refractivity contribution in [3.63, 3.8) is 0 Å². The van der Waals surface area contributed by atoms with Gasteiger partial charge in [0.25, 0.3) is 0 Å². The van der Waals surface area contributed by atoms with Crippen LogP contribution >= 0.6 is 0 Å². The normalized spacial score (nSPS) is 17.1. The van der Waals surface area contributed by atoms with E-state index in [0.717, 1.165) is 56.9 Å². The number of carbonyl (C=O) groups is 1. The van der Waals surface area contributed by atoms with Crippen LogP contribution in [0.15, 0.2) is 36.4 Å². The summed E-state index contributed by atoms with van der Waals surface area (Å²) in [6.45, 7) is 6.46. The maximum Gasteiger partial charge on any atom is 0.335 e. The molecular weight excluding hydrogens is 328 g/mol. The molecule has 0 saturated carbocycles. The van der Waals surface area contributed by atoms with Crippen LogP contribution in [0.5, 0.6) is 0 Å². The van der Waals surface area contributed by atoms with Gasteiger partial charge in [-0.3, -0.25) is 0 Å². The van der Waals surface area contributed by atoms with Crippen molar-refractivity contribution in [3.8, 4) is 0 Å². The first-order chi connectivity index (χ1) is 12.6. The summed E-state index contributed by atoms with van der Waals surface area (Å²) < 4.78 is 5.47. The van der Waals surface area contributed by atoms with Crippen molar-refractivity contribution in [1.82, 2.24) is 0 Å². The first-order valence-corrected chi connectivity index (χ1v) is 9.20. The smallest absolute Gasteiger partial charge is 0.335 e. The Labute approximate surface area is 153 Å². The Balaban J connectivity index is 1.70. The van der Waals surface area contributed by atoms with E-state index in [4.69, 9.17) is 4.74 Å². The van der Waals surface area contributed by atoms with E-state index in [-0.39, 0.29) is 0 Å². The molecule has 5 heteroatoms. The van der Waals surface area contributed by atoms with Crippen molar-refractivity contribution in [2.75, 3.05) is 42.6 Å². The maximum absolute atomic E-state index is 11.3. The predicted octanol–water partition coefficient (Wildman–Crippen LogP) is 3.61. The lowest BCUT2D eigenvalue weighted by Gasteiger charge is -2.34. The lowest BCUT2D eigenvalue weighted by atomic mass is 9.98. The minimum Gasteiger partial charge on any atom is -0.478 e. The first kappa shape index (κ1) is 16.9. The van der Waals surface area contributed by atoms with E-state index in [1.54, 1.807) is 6.07 Å². The Kier molecular flexibility index (Phi) is 4.55. The maximum atomic E-state index is 11.3. The van der Waals surface area contributed by atoms with Gasteiger partial charge in [0.15, 0.2) is 0 Å². The number of ether oxygens (including phenoxy) is 1. The van der Waals surface area contributed by atoms with Gasteiger partial charge in [-0.2, -0.15) is 0 Å². The van der Waals surface area contributed by atoms with Crippen LogP contribution in [0.4, 0.5) is 17.1 Å². The molecule has 0 spiro atoms. The average Bonchev–Trinajstić information content (AvgIpc) is 2.67. The number of hydrogen-bond donors (Lipinski definition) is 1. The number of aromatic carboxylic acids is 1. The van der Waals surface area contributed by atoms with E-state index < -0.39 is 5.97 Å². The summed E-state index contributed by atoms with van der Waals surface area (Å²) in [6.07, 6.45) is 1.95. The highest BCUT2D eigenvalue weighted by atomic mass is 16.5. The molecule has 136 valence electrons. The largest absolute Gasteiger partial charge is 0.478 e. The predicted molar refractivity (Wildman–Crippen MR) is 103 cm³/mol. The molecule has 2 aromatic rings. The summed E-state index contributed by atoms with van der Waals surface area (Å²) in [5, 5.41) is 9.26. The molecule has 0 atom stereocenters. The lowest BCUT2D eigenvalue weighted by molar-refractivity contribution is 0.0696. The first-order valence-electron chi connectivity index (χ1n) is 9.20. The Hall–Kier alpha value is -2.53. The van der Waals surface area contributed by atoms with Gasteiger partial charge in [-0.05, 0) is 67.3 Å². The van der Waals surface area contributed by atoms with Gasteiger partial charge in [-0.25, -0.2) is 4.79 Å². The molecule has 4 rings (SSSR count). The molecule has 0 amide bonds. The summed E-state index contributed by atoms with van der Waals surface area (Å²) in [5.74, 6) is -0.866. The van der Waals surface area contributed by atoms with Crippen LogP contribution in [0.2, 0.25) is 0 Å². The van der Waals surface area contributed by atoms with Crippen molar-refractivity contribution in [2.24, 2.45) is 0 Å². The molecule has 0 aromatic heterocycles. The van der Waals surface area contributed by atoms with Crippen LogP contribution in [0, 0.1) is 6.92 Å². The molecule has 0 unspecified atom stereocenters. The molecule has 0 radical (unpaired) electrons. The van der Waals surface area contributed by atoms with Gasteiger partial charge in [-0.1, -0.05) is 0 Å². The molecule has 5 nitrogen and oxygen atoms in total. The fraction of sp³-hybridized carbons (Fsp3) is 0.381. The summed E-state index contributed by atoms with van der Waals surface area (Å²) in [7, 11) is 0. The third-order valence-electron chi connectivity index (χ3n) is 5.18. The van der Waals surface area contributed by atoms with Crippen molar-refractivity contribution < 1.29 is 14.6 Å². The minimum atomic E-state index is -0.866. The van der Waals surface area contributed by atoms with Crippen LogP contribution in [0.3, 0.4) is 0 Å². The lowest BCUT2D eigenvalue weighted by Crippen LogP contribution is -2.36. The van der Waals surface area contributed by atoms with Crippen LogP contribution in [-0.2, 0) is 11.2 Å². The van der Waals surface area contributed by atoms with E-state index in [2.05, 4.69) is 34.9 Å². The Morgan fingerprint density at radius 1 is 1.04 bits per heavy atom. The van der Waals surface area contributed by atoms with Crippen LogP contribution in [0.25, 0.3) is 0 Å². The Morgan fingerprint density at radius 3 is 2.58 bits per heavy atom. The second-order valence-electron chi connectivity index (χ2n) is 7.03. The SMILES string of the molecule is Cc1cc(N2CCOCC2)cc(N2CCCc3cc(C(=O)O)ccc32)c1. The van der Waals surface area contributed by atoms with Crippen LogP contribution in [-0.4, -0.2) is 43.9 Å². The zero-order valence-electron chi connectivity index (χ0n) is 15.1. The van der Waals surface area contributed by atoms with Gasteiger partial charge in [0.2, 0.25) is 0 Å². The number of aryl methyl sites for hydroxylation is 2.